The summed E-state index contributed by atoms with van der Waals surface area (Å²) in [4.78, 5) is 14.1. The maximum Gasteiger partial charge on any atom is 0.412 e. The van der Waals surface area contributed by atoms with Crippen LogP contribution in [0.3, 0.4) is 0 Å². The van der Waals surface area contributed by atoms with Crippen molar-refractivity contribution in [2.24, 2.45) is 0 Å². The number of carbonyl (C=O) groups excluding carboxylic acids is 1. The molecule has 5 heteroatoms. The van der Waals surface area contributed by atoms with E-state index in [-0.39, 0.29) is 0 Å². The molecular formula is C16H25N3O2. The molecule has 116 valence electrons. The summed E-state index contributed by atoms with van der Waals surface area (Å²) in [6.07, 6.45) is -0.424. The van der Waals surface area contributed by atoms with E-state index in [4.69, 9.17) is 4.74 Å². The Labute approximate surface area is 126 Å². The van der Waals surface area contributed by atoms with Crippen LogP contribution in [0.2, 0.25) is 0 Å². The number of rotatable bonds is 2. The molecule has 0 bridgehead atoms. The van der Waals surface area contributed by atoms with Crippen molar-refractivity contribution in [1.29, 1.82) is 0 Å². The molecule has 1 fully saturated rings. The van der Waals surface area contributed by atoms with Crippen molar-refractivity contribution < 1.29 is 9.53 Å². The van der Waals surface area contributed by atoms with Gasteiger partial charge in [0.15, 0.2) is 0 Å². The molecule has 1 aromatic carbocycles. The lowest BCUT2D eigenvalue weighted by molar-refractivity contribution is 0.0636. The number of hydrogen-bond donors (Lipinski definition) is 2. The van der Waals surface area contributed by atoms with Crippen LogP contribution in [-0.2, 0) is 4.74 Å². The average molecular weight is 291 g/mol. The third-order valence-electron chi connectivity index (χ3n) is 3.45. The molecular weight excluding hydrogens is 266 g/mol. The number of hydrogen-bond acceptors (Lipinski definition) is 4. The predicted molar refractivity (Wildman–Crippen MR) is 84.5 cm³/mol. The van der Waals surface area contributed by atoms with Crippen molar-refractivity contribution in [3.8, 4) is 0 Å². The van der Waals surface area contributed by atoms with E-state index in [1.54, 1.807) is 0 Å². The Morgan fingerprint density at radius 1 is 1.33 bits per heavy atom. The van der Waals surface area contributed by atoms with Crippen molar-refractivity contribution in [3.63, 3.8) is 0 Å². The monoisotopic (exact) mass is 291 g/mol. The summed E-state index contributed by atoms with van der Waals surface area (Å²) in [6.45, 7) is 8.58. The molecule has 5 nitrogen and oxygen atoms in total. The maximum absolute atomic E-state index is 11.7. The molecule has 0 aromatic heterocycles. The van der Waals surface area contributed by atoms with Crippen LogP contribution in [0, 0.1) is 0 Å². The van der Waals surface area contributed by atoms with E-state index in [9.17, 15) is 4.79 Å². The highest BCUT2D eigenvalue weighted by atomic mass is 16.6. The van der Waals surface area contributed by atoms with Crippen LogP contribution in [0.1, 0.15) is 32.4 Å². The van der Waals surface area contributed by atoms with Crippen LogP contribution in [0.15, 0.2) is 24.3 Å². The minimum atomic E-state index is -0.486. The lowest BCUT2D eigenvalue weighted by Gasteiger charge is -2.33. The maximum atomic E-state index is 11.7. The number of likely N-dealkylation sites (N-methyl/N-ethyl adjacent to an activating group) is 1. The Bertz CT molecular complexity index is 479. The normalized spacial score (nSPS) is 20.1. The predicted octanol–water partition coefficient (Wildman–Crippen LogP) is 2.61. The minimum Gasteiger partial charge on any atom is -0.444 e. The first-order valence-electron chi connectivity index (χ1n) is 7.36. The first-order valence-corrected chi connectivity index (χ1v) is 7.36. The summed E-state index contributed by atoms with van der Waals surface area (Å²) in [5.74, 6) is 0. The zero-order valence-electron chi connectivity index (χ0n) is 13.3. The number of piperazine rings is 1. The molecule has 1 amide bonds. The van der Waals surface area contributed by atoms with Gasteiger partial charge in [-0.3, -0.25) is 10.2 Å². The molecule has 1 saturated heterocycles. The fraction of sp³-hybridized carbons (Fsp3) is 0.562. The van der Waals surface area contributed by atoms with Crippen molar-refractivity contribution >= 4 is 11.8 Å². The fourth-order valence-corrected chi connectivity index (χ4v) is 2.39. The van der Waals surface area contributed by atoms with Crippen LogP contribution in [0.25, 0.3) is 0 Å². The van der Waals surface area contributed by atoms with E-state index in [2.05, 4.69) is 34.7 Å². The zero-order chi connectivity index (χ0) is 15.5. The Balaban J connectivity index is 1.97. The van der Waals surface area contributed by atoms with Gasteiger partial charge in [0, 0.05) is 31.4 Å². The smallest absolute Gasteiger partial charge is 0.412 e. The molecule has 1 atom stereocenters. The van der Waals surface area contributed by atoms with Crippen molar-refractivity contribution in [2.75, 3.05) is 32.0 Å². The van der Waals surface area contributed by atoms with Gasteiger partial charge < -0.3 is 10.1 Å². The van der Waals surface area contributed by atoms with E-state index >= 15 is 0 Å². The Morgan fingerprint density at radius 3 is 2.57 bits per heavy atom. The first kappa shape index (κ1) is 15.8. The number of benzene rings is 1. The van der Waals surface area contributed by atoms with E-state index in [0.717, 1.165) is 25.3 Å². The Kier molecular flexibility index (Phi) is 4.85. The summed E-state index contributed by atoms with van der Waals surface area (Å²) in [5.41, 5.74) is 1.51. The number of amides is 1. The number of carbonyl (C=O) groups is 1. The fourth-order valence-electron chi connectivity index (χ4n) is 2.39. The highest BCUT2D eigenvalue weighted by molar-refractivity contribution is 5.84. The quantitative estimate of drug-likeness (QED) is 0.879. The lowest BCUT2D eigenvalue weighted by Crippen LogP contribution is -2.43. The molecule has 21 heavy (non-hydrogen) atoms. The number of nitrogens with one attached hydrogen (secondary N) is 2. The van der Waals surface area contributed by atoms with Gasteiger partial charge in [0.1, 0.15) is 5.60 Å². The largest absolute Gasteiger partial charge is 0.444 e. The Morgan fingerprint density at radius 2 is 2.00 bits per heavy atom. The lowest BCUT2D eigenvalue weighted by atomic mass is 10.0. The topological polar surface area (TPSA) is 53.6 Å². The highest BCUT2D eigenvalue weighted by Gasteiger charge is 2.20. The highest BCUT2D eigenvalue weighted by Crippen LogP contribution is 2.22. The average Bonchev–Trinajstić information content (AvgIpc) is 2.38. The van der Waals surface area contributed by atoms with Gasteiger partial charge in [-0.15, -0.1) is 0 Å². The van der Waals surface area contributed by atoms with Gasteiger partial charge in [0.25, 0.3) is 0 Å². The van der Waals surface area contributed by atoms with Gasteiger partial charge in [-0.25, -0.2) is 4.79 Å². The third-order valence-corrected chi connectivity index (χ3v) is 3.45. The van der Waals surface area contributed by atoms with Crippen LogP contribution >= 0.6 is 0 Å². The molecule has 1 unspecified atom stereocenters. The minimum absolute atomic E-state index is 0.384. The Hall–Kier alpha value is -1.59. The standard InChI is InChI=1S/C16H25N3O2/c1-16(2,3)21-15(20)18-13-7-5-12(6-8-13)14-11-17-9-10-19(14)4/h5-8,14,17H,9-11H2,1-4H3,(H,18,20). The van der Waals surface area contributed by atoms with Gasteiger partial charge in [-0.1, -0.05) is 12.1 Å². The van der Waals surface area contributed by atoms with Gasteiger partial charge >= 0.3 is 6.09 Å². The summed E-state index contributed by atoms with van der Waals surface area (Å²) in [5, 5.41) is 6.15. The van der Waals surface area contributed by atoms with Crippen LogP contribution < -0.4 is 10.6 Å². The summed E-state index contributed by atoms with van der Waals surface area (Å²) in [7, 11) is 2.14. The van der Waals surface area contributed by atoms with E-state index < -0.39 is 11.7 Å². The summed E-state index contributed by atoms with van der Waals surface area (Å²) in [6, 6.07) is 8.33. The van der Waals surface area contributed by atoms with Crippen molar-refractivity contribution in [3.05, 3.63) is 29.8 Å². The van der Waals surface area contributed by atoms with Gasteiger partial charge in [-0.05, 0) is 45.5 Å². The molecule has 1 heterocycles. The number of ether oxygens (including phenoxy) is 1. The molecule has 1 aromatic rings. The van der Waals surface area contributed by atoms with Gasteiger partial charge in [0.2, 0.25) is 0 Å². The summed E-state index contributed by atoms with van der Waals surface area (Å²) < 4.78 is 5.24. The second-order valence-corrected chi connectivity index (χ2v) is 6.45. The molecule has 2 N–H and O–H groups in total. The molecule has 0 aliphatic carbocycles. The summed E-state index contributed by atoms with van der Waals surface area (Å²) >= 11 is 0. The van der Waals surface area contributed by atoms with Crippen molar-refractivity contribution in [1.82, 2.24) is 10.2 Å². The van der Waals surface area contributed by atoms with E-state index in [0.29, 0.717) is 6.04 Å². The molecule has 0 saturated carbocycles. The SMILES string of the molecule is CN1CCNCC1c1ccc(NC(=O)OC(C)(C)C)cc1. The molecule has 2 rings (SSSR count). The second kappa shape index (κ2) is 6.45. The first-order chi connectivity index (χ1) is 9.85. The molecule has 1 aliphatic heterocycles. The van der Waals surface area contributed by atoms with Crippen LogP contribution in [0.5, 0.6) is 0 Å². The van der Waals surface area contributed by atoms with Crippen LogP contribution in [0.4, 0.5) is 10.5 Å². The molecule has 0 spiro atoms. The number of nitrogens with zero attached hydrogens (tertiary/aromatic N) is 1. The molecule has 1 aliphatic rings. The van der Waals surface area contributed by atoms with Crippen LogP contribution in [-0.4, -0.2) is 43.3 Å². The van der Waals surface area contributed by atoms with Gasteiger partial charge in [-0.2, -0.15) is 0 Å². The zero-order valence-corrected chi connectivity index (χ0v) is 13.3. The number of anilines is 1. The van der Waals surface area contributed by atoms with Crippen molar-refractivity contribution in [2.45, 2.75) is 32.4 Å². The van der Waals surface area contributed by atoms with Gasteiger partial charge in [0.05, 0.1) is 0 Å². The third kappa shape index (κ3) is 4.72. The second-order valence-electron chi connectivity index (χ2n) is 6.45. The van der Waals surface area contributed by atoms with E-state index in [1.807, 2.05) is 32.9 Å². The molecule has 0 radical (unpaired) electrons. The van der Waals surface area contributed by atoms with E-state index in [1.165, 1.54) is 5.56 Å².